The van der Waals surface area contributed by atoms with E-state index in [0.717, 1.165) is 49.5 Å². The number of rotatable bonds is 3. The zero-order chi connectivity index (χ0) is 19.5. The first kappa shape index (κ1) is 18.6. The Kier molecular flexibility index (Phi) is 4.53. The number of hydrogen-bond acceptors (Lipinski definition) is 3. The first-order valence-corrected chi connectivity index (χ1v) is 11.4. The summed E-state index contributed by atoms with van der Waals surface area (Å²) in [6, 6.07) is 0. The predicted molar refractivity (Wildman–Crippen MR) is 111 cm³/mol. The summed E-state index contributed by atoms with van der Waals surface area (Å²) in [6.07, 6.45) is 12.4. The van der Waals surface area contributed by atoms with Crippen molar-refractivity contribution in [1.82, 2.24) is 19.7 Å². The molecule has 4 aliphatic carbocycles. The van der Waals surface area contributed by atoms with Gasteiger partial charge in [-0.25, -0.2) is 0 Å². The van der Waals surface area contributed by atoms with Gasteiger partial charge in [0.15, 0.2) is 4.77 Å². The highest BCUT2D eigenvalue weighted by Gasteiger charge is 2.51. The number of amides is 1. The number of nitrogens with one attached hydrogen (secondary N) is 1. The summed E-state index contributed by atoms with van der Waals surface area (Å²) < 4.78 is 2.60. The van der Waals surface area contributed by atoms with Crippen molar-refractivity contribution in [3.8, 4) is 0 Å². The highest BCUT2D eigenvalue weighted by molar-refractivity contribution is 7.71. The van der Waals surface area contributed by atoms with Crippen LogP contribution in [0.3, 0.4) is 0 Å². The molecule has 152 valence electrons. The largest absolute Gasteiger partial charge is 0.338 e. The molecule has 1 amide bonds. The van der Waals surface area contributed by atoms with Crippen molar-refractivity contribution in [2.75, 3.05) is 13.1 Å². The molecule has 1 aromatic heterocycles. The third-order valence-electron chi connectivity index (χ3n) is 8.23. The first-order chi connectivity index (χ1) is 13.4. The van der Waals surface area contributed by atoms with E-state index in [9.17, 15) is 4.79 Å². The maximum Gasteiger partial charge on any atom is 0.246 e. The van der Waals surface area contributed by atoms with Gasteiger partial charge in [0, 0.05) is 32.1 Å². The van der Waals surface area contributed by atoms with Gasteiger partial charge in [-0.2, -0.15) is 5.10 Å². The van der Waals surface area contributed by atoms with E-state index in [1.54, 1.807) is 0 Å². The molecule has 4 bridgehead atoms. The number of carbonyl (C=O) groups is 1. The van der Waals surface area contributed by atoms with Crippen LogP contribution in [0, 0.1) is 27.9 Å². The summed E-state index contributed by atoms with van der Waals surface area (Å²) in [6.45, 7) is 3.84. The average molecular weight is 401 g/mol. The second-order valence-electron chi connectivity index (χ2n) is 10.1. The molecule has 5 fully saturated rings. The molecule has 1 atom stereocenters. The van der Waals surface area contributed by atoms with Crippen LogP contribution in [0.15, 0.2) is 11.6 Å². The number of nitrogens with zero attached hydrogens (tertiary/aromatic N) is 3. The lowest BCUT2D eigenvalue weighted by molar-refractivity contribution is -0.127. The second-order valence-corrected chi connectivity index (χ2v) is 10.5. The monoisotopic (exact) mass is 400 g/mol. The molecule has 0 spiro atoms. The maximum absolute atomic E-state index is 13.2. The van der Waals surface area contributed by atoms with E-state index < -0.39 is 0 Å². The fourth-order valence-electron chi connectivity index (χ4n) is 7.14. The molecule has 6 heteroatoms. The van der Waals surface area contributed by atoms with Gasteiger partial charge in [-0.1, -0.05) is 5.57 Å². The summed E-state index contributed by atoms with van der Waals surface area (Å²) in [7, 11) is 1.96. The van der Waals surface area contributed by atoms with E-state index in [0.29, 0.717) is 10.2 Å². The van der Waals surface area contributed by atoms with E-state index in [1.807, 2.05) is 22.6 Å². The summed E-state index contributed by atoms with van der Waals surface area (Å²) >= 11 is 5.26. The van der Waals surface area contributed by atoms with Crippen LogP contribution in [0.4, 0.5) is 0 Å². The third-order valence-corrected chi connectivity index (χ3v) is 8.59. The molecule has 1 unspecified atom stereocenters. The minimum absolute atomic E-state index is 0.203. The fourth-order valence-corrected chi connectivity index (χ4v) is 7.27. The van der Waals surface area contributed by atoms with E-state index in [-0.39, 0.29) is 11.8 Å². The Morgan fingerprint density at radius 3 is 2.43 bits per heavy atom. The molecule has 1 N–H and O–H groups in total. The average Bonchev–Trinajstić information content (AvgIpc) is 2.99. The Morgan fingerprint density at radius 1 is 1.21 bits per heavy atom. The normalized spacial score (nSPS) is 37.5. The molecule has 28 heavy (non-hydrogen) atoms. The molecule has 2 heterocycles. The first-order valence-electron chi connectivity index (χ1n) is 11.0. The van der Waals surface area contributed by atoms with Crippen molar-refractivity contribution in [2.45, 2.75) is 64.2 Å². The van der Waals surface area contributed by atoms with Crippen molar-refractivity contribution in [3.05, 3.63) is 22.2 Å². The Balaban J connectivity index is 1.32. The molecule has 6 rings (SSSR count). The number of H-pyrrole nitrogens is 1. The van der Waals surface area contributed by atoms with Crippen LogP contribution in [-0.2, 0) is 11.8 Å². The molecule has 1 aromatic rings. The van der Waals surface area contributed by atoms with Gasteiger partial charge in [-0.05, 0) is 93.7 Å². The number of aromatic nitrogens is 3. The lowest BCUT2D eigenvalue weighted by atomic mass is 9.48. The van der Waals surface area contributed by atoms with Gasteiger partial charge in [-0.15, -0.1) is 0 Å². The van der Waals surface area contributed by atoms with Crippen LogP contribution >= 0.6 is 12.2 Å². The van der Waals surface area contributed by atoms with E-state index >= 15 is 0 Å². The Hall–Kier alpha value is -1.43. The highest BCUT2D eigenvalue weighted by atomic mass is 32.1. The van der Waals surface area contributed by atoms with Crippen LogP contribution in [0.5, 0.6) is 0 Å². The lowest BCUT2D eigenvalue weighted by Gasteiger charge is -2.57. The molecule has 5 nitrogen and oxygen atoms in total. The van der Waals surface area contributed by atoms with Crippen molar-refractivity contribution in [1.29, 1.82) is 0 Å². The minimum Gasteiger partial charge on any atom is -0.338 e. The number of aromatic amines is 1. The number of likely N-dealkylation sites (tertiary alicyclic amines) is 1. The fraction of sp³-hybridized carbons (Fsp3) is 0.773. The molecule has 1 aliphatic heterocycles. The SMILES string of the molecule is C/C(=C/C(=O)N1CCCC(c2n[nH]c(=S)n2C)C1)C12CC3CC(CC(C3)C1)C2. The number of hydrogen-bond donors (Lipinski definition) is 1. The summed E-state index contributed by atoms with van der Waals surface area (Å²) in [5.41, 5.74) is 1.68. The molecular formula is C22H32N4OS. The van der Waals surface area contributed by atoms with Crippen molar-refractivity contribution in [3.63, 3.8) is 0 Å². The van der Waals surface area contributed by atoms with Gasteiger partial charge in [0.05, 0.1) is 0 Å². The van der Waals surface area contributed by atoms with Gasteiger partial charge in [0.2, 0.25) is 5.91 Å². The Morgan fingerprint density at radius 2 is 1.86 bits per heavy atom. The van der Waals surface area contributed by atoms with Gasteiger partial charge < -0.3 is 9.47 Å². The maximum atomic E-state index is 13.2. The Bertz CT molecular complexity index is 831. The van der Waals surface area contributed by atoms with Crippen molar-refractivity contribution in [2.24, 2.45) is 30.2 Å². The third kappa shape index (κ3) is 3.08. The zero-order valence-electron chi connectivity index (χ0n) is 17.1. The molecule has 0 aromatic carbocycles. The zero-order valence-corrected chi connectivity index (χ0v) is 17.9. The Labute approximate surface area is 172 Å². The highest BCUT2D eigenvalue weighted by Crippen LogP contribution is 2.62. The quantitative estimate of drug-likeness (QED) is 0.606. The van der Waals surface area contributed by atoms with E-state index in [1.165, 1.54) is 44.1 Å². The van der Waals surface area contributed by atoms with Crippen LogP contribution in [0.1, 0.15) is 70.0 Å². The van der Waals surface area contributed by atoms with Crippen molar-refractivity contribution >= 4 is 18.1 Å². The minimum atomic E-state index is 0.203. The second kappa shape index (κ2) is 6.82. The molecule has 0 radical (unpaired) electrons. The molecule has 5 aliphatic rings. The van der Waals surface area contributed by atoms with E-state index in [2.05, 4.69) is 17.1 Å². The lowest BCUT2D eigenvalue weighted by Crippen LogP contribution is -2.47. The van der Waals surface area contributed by atoms with Crippen LogP contribution < -0.4 is 0 Å². The number of piperidine rings is 1. The molecular weight excluding hydrogens is 368 g/mol. The molecule has 1 saturated heterocycles. The van der Waals surface area contributed by atoms with Gasteiger partial charge in [0.25, 0.3) is 0 Å². The predicted octanol–water partition coefficient (Wildman–Crippen LogP) is 4.35. The van der Waals surface area contributed by atoms with Crippen LogP contribution in [0.2, 0.25) is 0 Å². The van der Waals surface area contributed by atoms with Gasteiger partial charge in [-0.3, -0.25) is 9.89 Å². The standard InChI is InChI=1S/C22H32N4OS/c1-14(22-10-15-7-16(11-22)9-17(8-15)12-22)6-19(27)26-5-3-4-18(13-26)20-23-24-21(28)25(20)2/h6,15-18H,3-5,7-13H2,1-2H3,(H,24,28)/b14-6-. The van der Waals surface area contributed by atoms with Crippen LogP contribution in [-0.4, -0.2) is 38.7 Å². The van der Waals surface area contributed by atoms with Crippen molar-refractivity contribution < 1.29 is 4.79 Å². The van der Waals surface area contributed by atoms with E-state index in [4.69, 9.17) is 12.2 Å². The summed E-state index contributed by atoms with van der Waals surface area (Å²) in [5.74, 6) is 4.19. The number of carbonyl (C=O) groups excluding carboxylic acids is 1. The topological polar surface area (TPSA) is 53.9 Å². The van der Waals surface area contributed by atoms with Gasteiger partial charge in [0.1, 0.15) is 5.82 Å². The summed E-state index contributed by atoms with van der Waals surface area (Å²) in [5, 5.41) is 7.30. The summed E-state index contributed by atoms with van der Waals surface area (Å²) in [4.78, 5) is 15.2. The van der Waals surface area contributed by atoms with Gasteiger partial charge >= 0.3 is 0 Å². The molecule has 4 saturated carbocycles. The smallest absolute Gasteiger partial charge is 0.246 e. The number of allylic oxidation sites excluding steroid dienone is 1. The van der Waals surface area contributed by atoms with Crippen LogP contribution in [0.25, 0.3) is 0 Å².